The molecular weight excluding hydrogens is 303 g/mol. The van der Waals surface area contributed by atoms with Gasteiger partial charge in [-0.2, -0.15) is 4.98 Å². The van der Waals surface area contributed by atoms with E-state index in [-0.39, 0.29) is 11.6 Å². The highest BCUT2D eigenvalue weighted by atomic mass is 79.9. The molecule has 0 bridgehead atoms. The predicted octanol–water partition coefficient (Wildman–Crippen LogP) is 2.76. The molecule has 1 aromatic heterocycles. The minimum Gasteiger partial charge on any atom is -0.436 e. The topological polar surface area (TPSA) is 73.1 Å². The molecule has 3 N–H and O–H groups in total. The summed E-state index contributed by atoms with van der Waals surface area (Å²) in [5.74, 6) is 5.94. The minimum absolute atomic E-state index is 0.0827. The molecule has 0 aliphatic carbocycles. The standard InChI is InChI=1S/C11H10BrFN4O/c1-6-15-10(17-14)5-11(16-6)18-9-3-2-7(12)4-8(9)13/h2-5H,14H2,1H3,(H,15,16,17). The van der Waals surface area contributed by atoms with Crippen LogP contribution in [0.25, 0.3) is 0 Å². The summed E-state index contributed by atoms with van der Waals surface area (Å²) < 4.78 is 19.6. The lowest BCUT2D eigenvalue weighted by Gasteiger charge is -2.08. The van der Waals surface area contributed by atoms with Crippen LogP contribution >= 0.6 is 15.9 Å². The van der Waals surface area contributed by atoms with Crippen molar-refractivity contribution in [2.24, 2.45) is 5.84 Å². The third kappa shape index (κ3) is 2.93. The van der Waals surface area contributed by atoms with Crippen molar-refractivity contribution in [1.82, 2.24) is 9.97 Å². The van der Waals surface area contributed by atoms with Crippen LogP contribution in [0.3, 0.4) is 0 Å². The summed E-state index contributed by atoms with van der Waals surface area (Å²) in [5, 5.41) is 0. The zero-order valence-electron chi connectivity index (χ0n) is 9.45. The number of hydrogen-bond donors (Lipinski definition) is 2. The molecule has 0 aliphatic heterocycles. The van der Waals surface area contributed by atoms with E-state index in [0.29, 0.717) is 16.1 Å². The number of rotatable bonds is 3. The number of hydrazine groups is 1. The van der Waals surface area contributed by atoms with Gasteiger partial charge in [0.15, 0.2) is 11.6 Å². The molecule has 2 aromatic rings. The summed E-state index contributed by atoms with van der Waals surface area (Å²) in [4.78, 5) is 8.04. The Bertz CT molecular complexity index is 579. The Morgan fingerprint density at radius 3 is 2.78 bits per heavy atom. The van der Waals surface area contributed by atoms with E-state index in [2.05, 4.69) is 31.3 Å². The summed E-state index contributed by atoms with van der Waals surface area (Å²) in [5.41, 5.74) is 2.39. The van der Waals surface area contributed by atoms with E-state index in [1.807, 2.05) is 0 Å². The third-order valence-corrected chi connectivity index (χ3v) is 2.56. The van der Waals surface area contributed by atoms with Crippen LogP contribution in [0.5, 0.6) is 11.6 Å². The van der Waals surface area contributed by atoms with E-state index in [1.54, 1.807) is 13.0 Å². The Kier molecular flexibility index (Phi) is 3.73. The quantitative estimate of drug-likeness (QED) is 0.673. The normalized spacial score (nSPS) is 10.2. The van der Waals surface area contributed by atoms with Gasteiger partial charge in [-0.1, -0.05) is 15.9 Å². The van der Waals surface area contributed by atoms with Gasteiger partial charge in [-0.05, 0) is 25.1 Å². The van der Waals surface area contributed by atoms with Crippen LogP contribution in [0.15, 0.2) is 28.7 Å². The van der Waals surface area contributed by atoms with E-state index >= 15 is 0 Å². The Morgan fingerprint density at radius 2 is 2.11 bits per heavy atom. The number of halogens is 2. The highest BCUT2D eigenvalue weighted by Crippen LogP contribution is 2.26. The van der Waals surface area contributed by atoms with Crippen LogP contribution in [0.4, 0.5) is 10.2 Å². The van der Waals surface area contributed by atoms with Gasteiger partial charge >= 0.3 is 0 Å². The highest BCUT2D eigenvalue weighted by molar-refractivity contribution is 9.10. The molecule has 0 spiro atoms. The van der Waals surface area contributed by atoms with Crippen molar-refractivity contribution >= 4 is 21.7 Å². The molecule has 2 rings (SSSR count). The van der Waals surface area contributed by atoms with Crippen LogP contribution in [0.2, 0.25) is 0 Å². The molecule has 0 unspecified atom stereocenters. The van der Waals surface area contributed by atoms with Gasteiger partial charge < -0.3 is 10.2 Å². The smallest absolute Gasteiger partial charge is 0.224 e. The lowest BCUT2D eigenvalue weighted by Crippen LogP contribution is -2.09. The lowest BCUT2D eigenvalue weighted by atomic mass is 10.3. The molecule has 0 saturated carbocycles. The number of nitrogens with one attached hydrogen (secondary N) is 1. The van der Waals surface area contributed by atoms with Crippen molar-refractivity contribution in [3.8, 4) is 11.6 Å². The first-order chi connectivity index (χ1) is 8.58. The number of benzene rings is 1. The van der Waals surface area contributed by atoms with Gasteiger partial charge in [0, 0.05) is 10.5 Å². The Morgan fingerprint density at radius 1 is 1.33 bits per heavy atom. The SMILES string of the molecule is Cc1nc(NN)cc(Oc2ccc(Br)cc2F)n1. The maximum atomic E-state index is 13.6. The van der Waals surface area contributed by atoms with Crippen molar-refractivity contribution in [3.63, 3.8) is 0 Å². The Balaban J connectivity index is 2.30. The average molecular weight is 313 g/mol. The molecule has 0 radical (unpaired) electrons. The van der Waals surface area contributed by atoms with E-state index in [4.69, 9.17) is 10.6 Å². The summed E-state index contributed by atoms with van der Waals surface area (Å²) in [6.45, 7) is 1.69. The summed E-state index contributed by atoms with van der Waals surface area (Å²) >= 11 is 3.17. The number of ether oxygens (including phenoxy) is 1. The summed E-state index contributed by atoms with van der Waals surface area (Å²) in [6, 6.07) is 5.97. The minimum atomic E-state index is -0.483. The fourth-order valence-corrected chi connectivity index (χ4v) is 1.67. The molecular formula is C11H10BrFN4O. The molecule has 1 aromatic carbocycles. The number of nitrogens with zero attached hydrogens (tertiary/aromatic N) is 2. The van der Waals surface area contributed by atoms with Crippen LogP contribution in [0, 0.1) is 12.7 Å². The van der Waals surface area contributed by atoms with Crippen molar-refractivity contribution in [2.75, 3.05) is 5.43 Å². The zero-order chi connectivity index (χ0) is 13.1. The van der Waals surface area contributed by atoms with Gasteiger partial charge in [0.05, 0.1) is 0 Å². The van der Waals surface area contributed by atoms with Crippen LogP contribution < -0.4 is 16.0 Å². The zero-order valence-corrected chi connectivity index (χ0v) is 11.0. The highest BCUT2D eigenvalue weighted by Gasteiger charge is 2.08. The molecule has 0 fully saturated rings. The summed E-state index contributed by atoms with van der Waals surface area (Å²) in [6.07, 6.45) is 0. The maximum absolute atomic E-state index is 13.6. The average Bonchev–Trinajstić information content (AvgIpc) is 2.32. The second-order valence-corrected chi connectivity index (χ2v) is 4.38. The van der Waals surface area contributed by atoms with Crippen molar-refractivity contribution in [3.05, 3.63) is 40.4 Å². The molecule has 0 saturated heterocycles. The molecule has 5 nitrogen and oxygen atoms in total. The van der Waals surface area contributed by atoms with E-state index in [0.717, 1.165) is 0 Å². The molecule has 1 heterocycles. The molecule has 0 atom stereocenters. The summed E-state index contributed by atoms with van der Waals surface area (Å²) in [7, 11) is 0. The second-order valence-electron chi connectivity index (χ2n) is 3.46. The van der Waals surface area contributed by atoms with Gasteiger partial charge in [0.2, 0.25) is 5.88 Å². The molecule has 7 heteroatoms. The lowest BCUT2D eigenvalue weighted by molar-refractivity contribution is 0.425. The van der Waals surface area contributed by atoms with Crippen molar-refractivity contribution < 1.29 is 9.13 Å². The van der Waals surface area contributed by atoms with E-state index in [9.17, 15) is 4.39 Å². The van der Waals surface area contributed by atoms with Crippen molar-refractivity contribution in [1.29, 1.82) is 0 Å². The largest absolute Gasteiger partial charge is 0.436 e. The predicted molar refractivity (Wildman–Crippen MR) is 68.8 cm³/mol. The molecule has 0 aliphatic rings. The molecule has 0 amide bonds. The van der Waals surface area contributed by atoms with Crippen LogP contribution in [0.1, 0.15) is 5.82 Å². The van der Waals surface area contributed by atoms with Gasteiger partial charge in [0.1, 0.15) is 11.6 Å². The van der Waals surface area contributed by atoms with Gasteiger partial charge in [-0.25, -0.2) is 15.2 Å². The van der Waals surface area contributed by atoms with Crippen molar-refractivity contribution in [2.45, 2.75) is 6.92 Å². The first kappa shape index (κ1) is 12.7. The van der Waals surface area contributed by atoms with Gasteiger partial charge in [-0.3, -0.25) is 0 Å². The number of nitrogen functional groups attached to an aromatic ring is 1. The van der Waals surface area contributed by atoms with E-state index < -0.39 is 5.82 Å². The van der Waals surface area contributed by atoms with Gasteiger partial charge in [-0.15, -0.1) is 0 Å². The van der Waals surface area contributed by atoms with Gasteiger partial charge in [0.25, 0.3) is 0 Å². The Hall–Kier alpha value is -1.73. The molecule has 94 valence electrons. The number of aryl methyl sites for hydroxylation is 1. The number of anilines is 1. The maximum Gasteiger partial charge on any atom is 0.224 e. The number of nitrogens with two attached hydrogens (primary N) is 1. The number of aromatic nitrogens is 2. The third-order valence-electron chi connectivity index (χ3n) is 2.07. The van der Waals surface area contributed by atoms with Crippen LogP contribution in [-0.2, 0) is 0 Å². The van der Waals surface area contributed by atoms with E-state index in [1.165, 1.54) is 18.2 Å². The van der Waals surface area contributed by atoms with Crippen LogP contribution in [-0.4, -0.2) is 9.97 Å². The fraction of sp³-hybridized carbons (Fsp3) is 0.0909. The second kappa shape index (κ2) is 5.28. The monoisotopic (exact) mass is 312 g/mol. The number of hydrogen-bond acceptors (Lipinski definition) is 5. The molecule has 18 heavy (non-hydrogen) atoms. The fourth-order valence-electron chi connectivity index (χ4n) is 1.34. The first-order valence-electron chi connectivity index (χ1n) is 5.03. The first-order valence-corrected chi connectivity index (χ1v) is 5.83. The Labute approximate surface area is 111 Å².